The second-order valence-corrected chi connectivity index (χ2v) is 4.31. The van der Waals surface area contributed by atoms with Crippen LogP contribution in [0.3, 0.4) is 0 Å². The van der Waals surface area contributed by atoms with E-state index >= 15 is 0 Å². The van der Waals surface area contributed by atoms with Crippen LogP contribution in [-0.4, -0.2) is 25.2 Å². The summed E-state index contributed by atoms with van der Waals surface area (Å²) in [7, 11) is 3.07. The molecule has 1 amide bonds. The van der Waals surface area contributed by atoms with Crippen LogP contribution in [0.4, 0.5) is 11.4 Å². The van der Waals surface area contributed by atoms with Crippen molar-refractivity contribution in [3.05, 3.63) is 48.0 Å². The minimum Gasteiger partial charge on any atom is -0.504 e. The number of rotatable bonds is 3. The number of para-hydroxylation sites is 1. The van der Waals surface area contributed by atoms with Gasteiger partial charge in [0.2, 0.25) is 0 Å². The van der Waals surface area contributed by atoms with Crippen LogP contribution in [0.15, 0.2) is 42.5 Å². The summed E-state index contributed by atoms with van der Waals surface area (Å²) in [5.74, 6) is -0.227. The van der Waals surface area contributed by atoms with Crippen molar-refractivity contribution in [3.63, 3.8) is 0 Å². The molecule has 104 valence electrons. The first-order valence-corrected chi connectivity index (χ1v) is 6.04. The van der Waals surface area contributed by atoms with E-state index in [0.29, 0.717) is 11.4 Å². The Balaban J connectivity index is 2.34. The summed E-state index contributed by atoms with van der Waals surface area (Å²) < 4.78 is 5.00. The minimum absolute atomic E-state index is 0.165. The molecule has 2 aromatic carbocycles. The van der Waals surface area contributed by atoms with E-state index in [1.807, 2.05) is 0 Å². The number of hydrogen-bond acceptors (Lipinski definition) is 4. The van der Waals surface area contributed by atoms with E-state index in [2.05, 4.69) is 0 Å². The molecule has 0 unspecified atom stereocenters. The van der Waals surface area contributed by atoms with Crippen LogP contribution in [0.25, 0.3) is 0 Å². The van der Waals surface area contributed by atoms with E-state index in [4.69, 9.17) is 10.5 Å². The smallest absolute Gasteiger partial charge is 0.261 e. The van der Waals surface area contributed by atoms with Crippen molar-refractivity contribution in [3.8, 4) is 11.5 Å². The lowest BCUT2D eigenvalue weighted by Gasteiger charge is -2.18. The fourth-order valence-electron chi connectivity index (χ4n) is 1.86. The second kappa shape index (κ2) is 5.52. The largest absolute Gasteiger partial charge is 0.504 e. The van der Waals surface area contributed by atoms with E-state index in [9.17, 15) is 9.90 Å². The number of nitrogen functional groups attached to an aromatic ring is 1. The van der Waals surface area contributed by atoms with Gasteiger partial charge in [-0.2, -0.15) is 0 Å². The summed E-state index contributed by atoms with van der Waals surface area (Å²) in [6.45, 7) is 0. The molecule has 0 fully saturated rings. The van der Waals surface area contributed by atoms with Crippen LogP contribution in [-0.2, 0) is 0 Å². The summed E-state index contributed by atoms with van der Waals surface area (Å²) in [5, 5.41) is 10.0. The van der Waals surface area contributed by atoms with E-state index in [1.54, 1.807) is 49.5 Å². The maximum absolute atomic E-state index is 12.4. The molecule has 0 spiro atoms. The van der Waals surface area contributed by atoms with E-state index < -0.39 is 0 Å². The summed E-state index contributed by atoms with van der Waals surface area (Å²) in [5.41, 5.74) is 7.11. The summed E-state index contributed by atoms with van der Waals surface area (Å²) >= 11 is 0. The summed E-state index contributed by atoms with van der Waals surface area (Å²) in [6.07, 6.45) is 0. The van der Waals surface area contributed by atoms with Crippen LogP contribution < -0.4 is 15.4 Å². The van der Waals surface area contributed by atoms with Gasteiger partial charge >= 0.3 is 0 Å². The topological polar surface area (TPSA) is 75.8 Å². The molecule has 5 nitrogen and oxygen atoms in total. The quantitative estimate of drug-likeness (QED) is 0.840. The number of nitrogens with two attached hydrogens (primary N) is 1. The number of carbonyl (C=O) groups is 1. The molecule has 3 N–H and O–H groups in total. The molecule has 0 saturated heterocycles. The molecule has 0 aliphatic rings. The van der Waals surface area contributed by atoms with Crippen molar-refractivity contribution in [1.29, 1.82) is 0 Å². The Morgan fingerprint density at radius 2 is 1.85 bits per heavy atom. The highest BCUT2D eigenvalue weighted by Crippen LogP contribution is 2.31. The molecule has 0 atom stereocenters. The Hall–Kier alpha value is -2.69. The van der Waals surface area contributed by atoms with Crippen molar-refractivity contribution in [2.45, 2.75) is 0 Å². The van der Waals surface area contributed by atoms with E-state index in [-0.39, 0.29) is 23.0 Å². The number of amides is 1. The maximum Gasteiger partial charge on any atom is 0.261 e. The Morgan fingerprint density at radius 3 is 2.45 bits per heavy atom. The number of phenols is 1. The third-order valence-electron chi connectivity index (χ3n) is 3.03. The van der Waals surface area contributed by atoms with Crippen LogP contribution in [0.5, 0.6) is 11.5 Å². The van der Waals surface area contributed by atoms with Gasteiger partial charge in [-0.25, -0.2) is 0 Å². The van der Waals surface area contributed by atoms with Crippen LogP contribution in [0.1, 0.15) is 10.4 Å². The molecular formula is C15H16N2O3. The Morgan fingerprint density at radius 1 is 1.20 bits per heavy atom. The van der Waals surface area contributed by atoms with Gasteiger partial charge in [-0.05, 0) is 36.4 Å². The molecule has 2 aromatic rings. The molecule has 0 aromatic heterocycles. The molecule has 0 radical (unpaired) electrons. The van der Waals surface area contributed by atoms with Gasteiger partial charge in [0.05, 0.1) is 12.7 Å². The first kappa shape index (κ1) is 13.7. The lowest BCUT2D eigenvalue weighted by atomic mass is 10.1. The third kappa shape index (κ3) is 2.51. The molecule has 0 heterocycles. The maximum atomic E-state index is 12.4. The molecule has 0 saturated carbocycles. The predicted octanol–water partition coefficient (Wildman–Crippen LogP) is 2.26. The van der Waals surface area contributed by atoms with Crippen molar-refractivity contribution in [1.82, 2.24) is 0 Å². The highest BCUT2D eigenvalue weighted by molar-refractivity contribution is 6.08. The number of anilines is 2. The summed E-state index contributed by atoms with van der Waals surface area (Å²) in [4.78, 5) is 13.8. The number of benzene rings is 2. The zero-order valence-electron chi connectivity index (χ0n) is 11.3. The fraction of sp³-hybridized carbons (Fsp3) is 0.133. The normalized spacial score (nSPS) is 10.1. The molecule has 0 aliphatic heterocycles. The molecule has 0 bridgehead atoms. The third-order valence-corrected chi connectivity index (χ3v) is 3.03. The average Bonchev–Trinajstić information content (AvgIpc) is 2.47. The monoisotopic (exact) mass is 272 g/mol. The Labute approximate surface area is 117 Å². The van der Waals surface area contributed by atoms with Crippen LogP contribution >= 0.6 is 0 Å². The Bertz CT molecular complexity index is 624. The first-order chi connectivity index (χ1) is 9.54. The molecular weight excluding hydrogens is 256 g/mol. The lowest BCUT2D eigenvalue weighted by molar-refractivity contribution is 0.0990. The van der Waals surface area contributed by atoms with E-state index in [1.165, 1.54) is 12.0 Å². The van der Waals surface area contributed by atoms with Gasteiger partial charge in [-0.15, -0.1) is 0 Å². The van der Waals surface area contributed by atoms with Crippen LogP contribution in [0, 0.1) is 0 Å². The minimum atomic E-state index is -0.328. The standard InChI is InChI=1S/C15H16N2O3/c1-17(11-8-6-10(16)7-9-11)15(19)12-4-3-5-13(20-2)14(12)18/h3-9,18H,16H2,1-2H3. The highest BCUT2D eigenvalue weighted by atomic mass is 16.5. The SMILES string of the molecule is COc1cccc(C(=O)N(C)c2ccc(N)cc2)c1O. The van der Waals surface area contributed by atoms with Gasteiger partial charge in [0.1, 0.15) is 0 Å². The number of ether oxygens (including phenoxy) is 1. The number of aromatic hydroxyl groups is 1. The van der Waals surface area contributed by atoms with Gasteiger partial charge in [0, 0.05) is 18.4 Å². The van der Waals surface area contributed by atoms with Gasteiger partial charge in [0.25, 0.3) is 5.91 Å². The van der Waals surface area contributed by atoms with Crippen molar-refractivity contribution < 1.29 is 14.6 Å². The second-order valence-electron chi connectivity index (χ2n) is 4.31. The zero-order valence-corrected chi connectivity index (χ0v) is 11.3. The summed E-state index contributed by atoms with van der Waals surface area (Å²) in [6, 6.07) is 11.7. The van der Waals surface area contributed by atoms with Gasteiger partial charge in [-0.1, -0.05) is 6.07 Å². The van der Waals surface area contributed by atoms with Crippen LogP contribution in [0.2, 0.25) is 0 Å². The number of carbonyl (C=O) groups excluding carboxylic acids is 1. The lowest BCUT2D eigenvalue weighted by Crippen LogP contribution is -2.26. The van der Waals surface area contributed by atoms with Gasteiger partial charge in [-0.3, -0.25) is 4.79 Å². The predicted molar refractivity (Wildman–Crippen MR) is 78.2 cm³/mol. The number of hydrogen-bond donors (Lipinski definition) is 2. The highest BCUT2D eigenvalue weighted by Gasteiger charge is 2.19. The fourth-order valence-corrected chi connectivity index (χ4v) is 1.86. The van der Waals surface area contributed by atoms with Gasteiger partial charge in [0.15, 0.2) is 11.5 Å². The molecule has 5 heteroatoms. The molecule has 20 heavy (non-hydrogen) atoms. The zero-order chi connectivity index (χ0) is 14.7. The average molecular weight is 272 g/mol. The first-order valence-electron chi connectivity index (χ1n) is 6.04. The van der Waals surface area contributed by atoms with Gasteiger partial charge < -0.3 is 20.5 Å². The number of nitrogens with zero attached hydrogens (tertiary/aromatic N) is 1. The Kier molecular flexibility index (Phi) is 3.79. The van der Waals surface area contributed by atoms with Crippen molar-refractivity contribution >= 4 is 17.3 Å². The number of phenolic OH excluding ortho intramolecular Hbond substituents is 1. The van der Waals surface area contributed by atoms with Crippen molar-refractivity contribution in [2.24, 2.45) is 0 Å². The van der Waals surface area contributed by atoms with Crippen molar-refractivity contribution in [2.75, 3.05) is 24.8 Å². The van der Waals surface area contributed by atoms with E-state index in [0.717, 1.165) is 0 Å². The molecule has 2 rings (SSSR count). The number of methoxy groups -OCH3 is 1. The molecule has 0 aliphatic carbocycles.